The highest BCUT2D eigenvalue weighted by Crippen LogP contribution is 2.24. The number of carbonyl (C=O) groups is 3. The van der Waals surface area contributed by atoms with E-state index in [2.05, 4.69) is 5.32 Å². The number of benzene rings is 1. The van der Waals surface area contributed by atoms with Crippen molar-refractivity contribution in [1.29, 1.82) is 0 Å². The van der Waals surface area contributed by atoms with E-state index in [4.69, 9.17) is 10.5 Å². The van der Waals surface area contributed by atoms with Crippen molar-refractivity contribution in [2.24, 2.45) is 5.73 Å². The molecule has 1 aromatic carbocycles. The number of methoxy groups -OCH3 is 1. The monoisotopic (exact) mass is 277 g/mol. The van der Waals surface area contributed by atoms with Gasteiger partial charge in [0.25, 0.3) is 17.7 Å². The molecular formula is C13H15N3O4. The molecule has 1 heterocycles. The first-order chi connectivity index (χ1) is 9.49. The van der Waals surface area contributed by atoms with Crippen molar-refractivity contribution < 1.29 is 19.1 Å². The van der Waals surface area contributed by atoms with E-state index < -0.39 is 12.0 Å². The molecule has 3 amide bonds. The standard InChI is InChI=1S/C13H15N3O4/c1-16-12(18)8-4-3-7(5-9(8)13(16)19)15-11(17)10(6-14)20-2/h3-5,10H,6,14H2,1-2H3,(H,15,17). The minimum absolute atomic E-state index is 0.0490. The summed E-state index contributed by atoms with van der Waals surface area (Å²) >= 11 is 0. The lowest BCUT2D eigenvalue weighted by atomic mass is 10.1. The zero-order valence-electron chi connectivity index (χ0n) is 11.2. The van der Waals surface area contributed by atoms with Gasteiger partial charge >= 0.3 is 0 Å². The van der Waals surface area contributed by atoms with Gasteiger partial charge in [-0.3, -0.25) is 19.3 Å². The van der Waals surface area contributed by atoms with Crippen molar-refractivity contribution in [3.8, 4) is 0 Å². The predicted molar refractivity (Wildman–Crippen MR) is 71.3 cm³/mol. The summed E-state index contributed by atoms with van der Waals surface area (Å²) in [4.78, 5) is 36.4. The summed E-state index contributed by atoms with van der Waals surface area (Å²) < 4.78 is 4.92. The molecular weight excluding hydrogens is 262 g/mol. The first kappa shape index (κ1) is 14.2. The minimum atomic E-state index is -0.761. The Labute approximate surface area is 115 Å². The Morgan fingerprint density at radius 2 is 2.00 bits per heavy atom. The molecule has 1 aliphatic rings. The summed E-state index contributed by atoms with van der Waals surface area (Å²) in [5, 5.41) is 2.60. The summed E-state index contributed by atoms with van der Waals surface area (Å²) in [6.45, 7) is 0.0490. The lowest BCUT2D eigenvalue weighted by molar-refractivity contribution is -0.125. The van der Waals surface area contributed by atoms with Gasteiger partial charge in [-0.1, -0.05) is 0 Å². The van der Waals surface area contributed by atoms with Crippen LogP contribution in [0.1, 0.15) is 20.7 Å². The average Bonchev–Trinajstić information content (AvgIpc) is 2.65. The van der Waals surface area contributed by atoms with Crippen LogP contribution in [-0.2, 0) is 9.53 Å². The molecule has 7 nitrogen and oxygen atoms in total. The highest BCUT2D eigenvalue weighted by atomic mass is 16.5. The molecule has 7 heteroatoms. The van der Waals surface area contributed by atoms with Crippen LogP contribution in [0.4, 0.5) is 5.69 Å². The third-order valence-corrected chi connectivity index (χ3v) is 3.15. The maximum atomic E-state index is 11.8. The zero-order valence-corrected chi connectivity index (χ0v) is 11.2. The molecule has 1 aromatic rings. The fourth-order valence-corrected chi connectivity index (χ4v) is 1.97. The molecule has 0 aromatic heterocycles. The van der Waals surface area contributed by atoms with Crippen LogP contribution in [0.3, 0.4) is 0 Å². The van der Waals surface area contributed by atoms with Crippen molar-refractivity contribution in [3.05, 3.63) is 29.3 Å². The van der Waals surface area contributed by atoms with Crippen molar-refractivity contribution in [2.45, 2.75) is 6.10 Å². The average molecular weight is 277 g/mol. The molecule has 1 atom stereocenters. The summed E-state index contributed by atoms with van der Waals surface area (Å²) in [5.41, 5.74) is 6.42. The Kier molecular flexibility index (Phi) is 3.82. The molecule has 0 aliphatic carbocycles. The zero-order chi connectivity index (χ0) is 14.9. The number of nitrogens with zero attached hydrogens (tertiary/aromatic N) is 1. The number of fused-ring (bicyclic) bond motifs is 1. The maximum absolute atomic E-state index is 11.8. The Morgan fingerprint density at radius 1 is 1.35 bits per heavy atom. The summed E-state index contributed by atoms with van der Waals surface area (Å²) in [5.74, 6) is -1.14. The number of nitrogens with two attached hydrogens (primary N) is 1. The van der Waals surface area contributed by atoms with Crippen molar-refractivity contribution in [1.82, 2.24) is 4.90 Å². The number of rotatable bonds is 4. The normalized spacial score (nSPS) is 15.2. The summed E-state index contributed by atoms with van der Waals surface area (Å²) in [6.07, 6.45) is -0.761. The minimum Gasteiger partial charge on any atom is -0.370 e. The lowest BCUT2D eigenvalue weighted by Crippen LogP contribution is -2.35. The van der Waals surface area contributed by atoms with Crippen LogP contribution in [0.25, 0.3) is 0 Å². The van der Waals surface area contributed by atoms with Gasteiger partial charge < -0.3 is 15.8 Å². The van der Waals surface area contributed by atoms with Gasteiger partial charge in [-0.15, -0.1) is 0 Å². The molecule has 0 fully saturated rings. The molecule has 0 bridgehead atoms. The highest BCUT2D eigenvalue weighted by molar-refractivity contribution is 6.21. The molecule has 20 heavy (non-hydrogen) atoms. The van der Waals surface area contributed by atoms with Crippen molar-refractivity contribution >= 4 is 23.4 Å². The molecule has 2 rings (SSSR count). The quantitative estimate of drug-likeness (QED) is 0.744. The topological polar surface area (TPSA) is 102 Å². The fraction of sp³-hybridized carbons (Fsp3) is 0.308. The number of carbonyl (C=O) groups excluding carboxylic acids is 3. The van der Waals surface area contributed by atoms with E-state index in [0.29, 0.717) is 11.3 Å². The van der Waals surface area contributed by atoms with Crippen LogP contribution in [0.2, 0.25) is 0 Å². The number of imide groups is 1. The van der Waals surface area contributed by atoms with E-state index in [0.717, 1.165) is 4.90 Å². The number of hydrogen-bond donors (Lipinski definition) is 2. The fourth-order valence-electron chi connectivity index (χ4n) is 1.97. The first-order valence-corrected chi connectivity index (χ1v) is 5.99. The second-order valence-electron chi connectivity index (χ2n) is 4.38. The van der Waals surface area contributed by atoms with Crippen molar-refractivity contribution in [2.75, 3.05) is 26.0 Å². The molecule has 0 radical (unpaired) electrons. The summed E-state index contributed by atoms with van der Waals surface area (Å²) in [7, 11) is 2.80. The number of hydrogen-bond acceptors (Lipinski definition) is 5. The van der Waals surface area contributed by atoms with Gasteiger partial charge in [0.05, 0.1) is 11.1 Å². The Balaban J connectivity index is 2.23. The van der Waals surface area contributed by atoms with Gasteiger partial charge in [-0.2, -0.15) is 0 Å². The summed E-state index contributed by atoms with van der Waals surface area (Å²) in [6, 6.07) is 4.55. The number of ether oxygens (including phenoxy) is 1. The van der Waals surface area contributed by atoms with Gasteiger partial charge in [0.15, 0.2) is 0 Å². The van der Waals surface area contributed by atoms with Gasteiger partial charge in [0, 0.05) is 26.4 Å². The third kappa shape index (κ3) is 2.28. The van der Waals surface area contributed by atoms with Crippen LogP contribution in [0.5, 0.6) is 0 Å². The third-order valence-electron chi connectivity index (χ3n) is 3.15. The van der Waals surface area contributed by atoms with E-state index in [9.17, 15) is 14.4 Å². The van der Waals surface area contributed by atoms with Gasteiger partial charge in [0.1, 0.15) is 6.10 Å². The smallest absolute Gasteiger partial charge is 0.261 e. The van der Waals surface area contributed by atoms with E-state index in [1.54, 1.807) is 6.07 Å². The Hall–Kier alpha value is -2.25. The molecule has 0 saturated heterocycles. The van der Waals surface area contributed by atoms with E-state index in [1.807, 2.05) is 0 Å². The van der Waals surface area contributed by atoms with Crippen LogP contribution in [0, 0.1) is 0 Å². The van der Waals surface area contributed by atoms with E-state index in [1.165, 1.54) is 26.3 Å². The van der Waals surface area contributed by atoms with Gasteiger partial charge in [-0.05, 0) is 18.2 Å². The number of amides is 3. The van der Waals surface area contributed by atoms with Crippen LogP contribution in [-0.4, -0.2) is 49.4 Å². The molecule has 1 unspecified atom stereocenters. The van der Waals surface area contributed by atoms with Crippen LogP contribution < -0.4 is 11.1 Å². The van der Waals surface area contributed by atoms with Crippen LogP contribution in [0.15, 0.2) is 18.2 Å². The van der Waals surface area contributed by atoms with Gasteiger partial charge in [-0.25, -0.2) is 0 Å². The SMILES string of the molecule is COC(CN)C(=O)Nc1ccc2c(c1)C(=O)N(C)C2=O. The second kappa shape index (κ2) is 5.40. The molecule has 3 N–H and O–H groups in total. The number of anilines is 1. The largest absolute Gasteiger partial charge is 0.370 e. The lowest BCUT2D eigenvalue weighted by Gasteiger charge is -2.13. The maximum Gasteiger partial charge on any atom is 0.261 e. The van der Waals surface area contributed by atoms with Gasteiger partial charge in [0.2, 0.25) is 0 Å². The molecule has 0 spiro atoms. The molecule has 1 aliphatic heterocycles. The Morgan fingerprint density at radius 3 is 2.60 bits per heavy atom. The Bertz CT molecular complexity index is 581. The molecule has 106 valence electrons. The van der Waals surface area contributed by atoms with Crippen molar-refractivity contribution in [3.63, 3.8) is 0 Å². The van der Waals surface area contributed by atoms with Crippen LogP contribution >= 0.6 is 0 Å². The highest BCUT2D eigenvalue weighted by Gasteiger charge is 2.32. The molecule has 0 saturated carbocycles. The van der Waals surface area contributed by atoms with E-state index >= 15 is 0 Å². The predicted octanol–water partition coefficient (Wildman–Crippen LogP) is -0.175. The number of nitrogens with one attached hydrogen (secondary N) is 1. The first-order valence-electron chi connectivity index (χ1n) is 5.99. The van der Waals surface area contributed by atoms with E-state index in [-0.39, 0.29) is 23.9 Å². The second-order valence-corrected chi connectivity index (χ2v) is 4.38.